The van der Waals surface area contributed by atoms with E-state index in [9.17, 15) is 4.79 Å². The van der Waals surface area contributed by atoms with Gasteiger partial charge in [-0.25, -0.2) is 0 Å². The van der Waals surface area contributed by atoms with Crippen LogP contribution in [0.3, 0.4) is 0 Å². The largest absolute Gasteiger partial charge is 0.361 e. The molecular formula is C20H27ClN4O2. The van der Waals surface area contributed by atoms with Crippen LogP contribution in [0.2, 0.25) is 5.02 Å². The van der Waals surface area contributed by atoms with Gasteiger partial charge in [-0.05, 0) is 51.9 Å². The van der Waals surface area contributed by atoms with Crippen LogP contribution in [0.5, 0.6) is 0 Å². The predicted molar refractivity (Wildman–Crippen MR) is 103 cm³/mol. The van der Waals surface area contributed by atoms with Crippen molar-refractivity contribution < 1.29 is 9.32 Å². The first-order valence-electron chi connectivity index (χ1n) is 9.88. The molecular weight excluding hydrogens is 364 g/mol. The number of aromatic nitrogens is 3. The Morgan fingerprint density at radius 3 is 2.67 bits per heavy atom. The van der Waals surface area contributed by atoms with Crippen molar-refractivity contribution in [1.82, 2.24) is 19.8 Å². The van der Waals surface area contributed by atoms with E-state index in [1.165, 1.54) is 12.0 Å². The topological polar surface area (TPSA) is 64.2 Å². The highest BCUT2D eigenvalue weighted by Gasteiger charge is 2.31. The van der Waals surface area contributed by atoms with E-state index in [1.54, 1.807) is 4.68 Å². The fraction of sp³-hybridized carbons (Fsp3) is 0.650. The van der Waals surface area contributed by atoms with Gasteiger partial charge in [0.2, 0.25) is 5.91 Å². The maximum atomic E-state index is 12.7. The third-order valence-electron chi connectivity index (χ3n) is 6.12. The second-order valence-corrected chi connectivity index (χ2v) is 8.50. The number of carbonyl (C=O) groups is 1. The molecule has 2 aromatic heterocycles. The minimum absolute atomic E-state index is 0.101. The van der Waals surface area contributed by atoms with Crippen LogP contribution in [-0.4, -0.2) is 38.8 Å². The number of piperidine rings is 1. The normalized spacial score (nSPS) is 20.7. The summed E-state index contributed by atoms with van der Waals surface area (Å²) in [5, 5.41) is 9.33. The summed E-state index contributed by atoms with van der Waals surface area (Å²) >= 11 is 6.19. The summed E-state index contributed by atoms with van der Waals surface area (Å²) in [6.07, 6.45) is 5.16. The van der Waals surface area contributed by atoms with Gasteiger partial charge in [-0.15, -0.1) is 0 Å². The Labute approximate surface area is 164 Å². The molecule has 1 atom stereocenters. The fourth-order valence-electron chi connectivity index (χ4n) is 4.37. The molecule has 0 N–H and O–H groups in total. The molecule has 6 nitrogen and oxygen atoms in total. The van der Waals surface area contributed by atoms with Gasteiger partial charge in [-0.3, -0.25) is 9.48 Å². The molecule has 2 aromatic rings. The SMILES string of the molecule is Cc1nn(CC(=O)N2CCC(c3onc4c3C[C@@H](C)CC4)CC2)c(C)c1Cl. The molecule has 0 radical (unpaired) electrons. The Kier molecular flexibility index (Phi) is 5.01. The minimum atomic E-state index is 0.101. The molecule has 4 rings (SSSR count). The smallest absolute Gasteiger partial charge is 0.244 e. The lowest BCUT2D eigenvalue weighted by Crippen LogP contribution is -2.40. The quantitative estimate of drug-likeness (QED) is 0.802. The van der Waals surface area contributed by atoms with Crippen LogP contribution in [0.4, 0.5) is 0 Å². The first kappa shape index (κ1) is 18.5. The van der Waals surface area contributed by atoms with Crippen molar-refractivity contribution in [3.8, 4) is 0 Å². The van der Waals surface area contributed by atoms with Crippen molar-refractivity contribution in [2.24, 2.45) is 5.92 Å². The summed E-state index contributed by atoms with van der Waals surface area (Å²) in [6.45, 7) is 7.81. The van der Waals surface area contributed by atoms with Crippen molar-refractivity contribution in [3.63, 3.8) is 0 Å². The lowest BCUT2D eigenvalue weighted by atomic mass is 9.83. The molecule has 146 valence electrons. The van der Waals surface area contributed by atoms with E-state index in [2.05, 4.69) is 17.2 Å². The number of halogens is 1. The molecule has 27 heavy (non-hydrogen) atoms. The summed E-state index contributed by atoms with van der Waals surface area (Å²) in [6, 6.07) is 0. The summed E-state index contributed by atoms with van der Waals surface area (Å²) in [4.78, 5) is 14.6. The number of fused-ring (bicyclic) bond motifs is 1. The van der Waals surface area contributed by atoms with Crippen LogP contribution in [0.25, 0.3) is 0 Å². The van der Waals surface area contributed by atoms with E-state index in [0.717, 1.165) is 61.6 Å². The van der Waals surface area contributed by atoms with Crippen molar-refractivity contribution in [1.29, 1.82) is 0 Å². The molecule has 1 amide bonds. The third-order valence-corrected chi connectivity index (χ3v) is 6.67. The molecule has 1 aliphatic carbocycles. The Hall–Kier alpha value is -1.82. The van der Waals surface area contributed by atoms with Crippen molar-refractivity contribution in [2.75, 3.05) is 13.1 Å². The minimum Gasteiger partial charge on any atom is -0.361 e. The van der Waals surface area contributed by atoms with E-state index in [4.69, 9.17) is 16.1 Å². The molecule has 0 saturated carbocycles. The highest BCUT2D eigenvalue weighted by Crippen LogP contribution is 2.36. The highest BCUT2D eigenvalue weighted by molar-refractivity contribution is 6.31. The Bertz CT molecular complexity index is 849. The number of aryl methyl sites for hydroxylation is 2. The summed E-state index contributed by atoms with van der Waals surface area (Å²) < 4.78 is 7.45. The zero-order valence-electron chi connectivity index (χ0n) is 16.3. The van der Waals surface area contributed by atoms with Gasteiger partial charge in [-0.2, -0.15) is 5.10 Å². The van der Waals surface area contributed by atoms with Crippen molar-refractivity contribution >= 4 is 17.5 Å². The number of hydrogen-bond donors (Lipinski definition) is 0. The van der Waals surface area contributed by atoms with Crippen LogP contribution in [0, 0.1) is 19.8 Å². The van der Waals surface area contributed by atoms with Gasteiger partial charge in [0.15, 0.2) is 0 Å². The molecule has 1 saturated heterocycles. The van der Waals surface area contributed by atoms with Gasteiger partial charge < -0.3 is 9.42 Å². The zero-order valence-corrected chi connectivity index (χ0v) is 17.1. The monoisotopic (exact) mass is 390 g/mol. The molecule has 1 aliphatic heterocycles. The molecule has 0 unspecified atom stereocenters. The van der Waals surface area contributed by atoms with Crippen molar-refractivity contribution in [3.05, 3.63) is 33.4 Å². The Balaban J connectivity index is 1.38. The predicted octanol–water partition coefficient (Wildman–Crippen LogP) is 3.67. The van der Waals surface area contributed by atoms with Crippen LogP contribution in [-0.2, 0) is 24.2 Å². The zero-order chi connectivity index (χ0) is 19.1. The molecule has 7 heteroatoms. The van der Waals surface area contributed by atoms with Crippen LogP contribution < -0.4 is 0 Å². The van der Waals surface area contributed by atoms with E-state index in [0.29, 0.717) is 16.9 Å². The van der Waals surface area contributed by atoms with Gasteiger partial charge in [-0.1, -0.05) is 23.7 Å². The first-order chi connectivity index (χ1) is 12.9. The molecule has 1 fully saturated rings. The maximum Gasteiger partial charge on any atom is 0.244 e. The van der Waals surface area contributed by atoms with Crippen LogP contribution >= 0.6 is 11.6 Å². The average molecular weight is 391 g/mol. The van der Waals surface area contributed by atoms with Gasteiger partial charge in [0.25, 0.3) is 0 Å². The van der Waals surface area contributed by atoms with Crippen LogP contribution in [0.1, 0.15) is 60.5 Å². The summed E-state index contributed by atoms with van der Waals surface area (Å²) in [5.41, 5.74) is 4.11. The number of carbonyl (C=O) groups excluding carboxylic acids is 1. The average Bonchev–Trinajstić information content (AvgIpc) is 3.18. The fourth-order valence-corrected chi connectivity index (χ4v) is 4.51. The third kappa shape index (κ3) is 3.51. The van der Waals surface area contributed by atoms with E-state index in [1.807, 2.05) is 18.7 Å². The Morgan fingerprint density at radius 1 is 1.26 bits per heavy atom. The number of amides is 1. The van der Waals surface area contributed by atoms with Gasteiger partial charge in [0.1, 0.15) is 12.3 Å². The molecule has 0 bridgehead atoms. The first-order valence-corrected chi connectivity index (χ1v) is 10.3. The summed E-state index contributed by atoms with van der Waals surface area (Å²) in [5.74, 6) is 2.25. The van der Waals surface area contributed by atoms with Gasteiger partial charge >= 0.3 is 0 Å². The standard InChI is InChI=1S/C20H27ClN4O2/c1-12-4-5-17-16(10-12)20(27-23-17)15-6-8-24(9-7-15)18(26)11-25-14(3)19(21)13(2)22-25/h12,15H,4-11H2,1-3H3/t12-/m0/s1. The van der Waals surface area contributed by atoms with E-state index < -0.39 is 0 Å². The Morgan fingerprint density at radius 2 is 2.00 bits per heavy atom. The maximum absolute atomic E-state index is 12.7. The van der Waals surface area contributed by atoms with E-state index >= 15 is 0 Å². The molecule has 3 heterocycles. The van der Waals surface area contributed by atoms with Crippen LogP contribution in [0.15, 0.2) is 4.52 Å². The second-order valence-electron chi connectivity index (χ2n) is 8.12. The van der Waals surface area contributed by atoms with Gasteiger partial charge in [0.05, 0.1) is 22.1 Å². The molecule has 0 spiro atoms. The lowest BCUT2D eigenvalue weighted by Gasteiger charge is -2.31. The number of nitrogens with zero attached hydrogens (tertiary/aromatic N) is 4. The van der Waals surface area contributed by atoms with E-state index in [-0.39, 0.29) is 12.5 Å². The lowest BCUT2D eigenvalue weighted by molar-refractivity contribution is -0.133. The number of likely N-dealkylation sites (tertiary alicyclic amines) is 1. The number of hydrogen-bond acceptors (Lipinski definition) is 4. The molecule has 2 aliphatic rings. The summed E-state index contributed by atoms with van der Waals surface area (Å²) in [7, 11) is 0. The highest BCUT2D eigenvalue weighted by atomic mass is 35.5. The second kappa shape index (κ2) is 7.30. The molecule has 0 aromatic carbocycles. The number of rotatable bonds is 3. The van der Waals surface area contributed by atoms with Gasteiger partial charge in [0, 0.05) is 24.6 Å². The van der Waals surface area contributed by atoms with Crippen molar-refractivity contribution in [2.45, 2.75) is 65.3 Å².